The summed E-state index contributed by atoms with van der Waals surface area (Å²) in [5.41, 5.74) is 5.44. The summed E-state index contributed by atoms with van der Waals surface area (Å²) < 4.78 is 5.20. The van der Waals surface area contributed by atoms with E-state index in [9.17, 15) is 4.79 Å². The summed E-state index contributed by atoms with van der Waals surface area (Å²) in [6.45, 7) is 3.64. The van der Waals surface area contributed by atoms with Crippen molar-refractivity contribution in [3.05, 3.63) is 24.2 Å². The fraction of sp³-hybridized carbons (Fsp3) is 0.545. The molecule has 1 amide bonds. The van der Waals surface area contributed by atoms with Gasteiger partial charge in [0.25, 0.3) is 0 Å². The molecule has 0 aliphatic carbocycles. The highest BCUT2D eigenvalue weighted by molar-refractivity contribution is 5.81. The van der Waals surface area contributed by atoms with Crippen molar-refractivity contribution in [2.45, 2.75) is 38.8 Å². The summed E-state index contributed by atoms with van der Waals surface area (Å²) in [6.07, 6.45) is 3.33. The second-order valence-electron chi connectivity index (χ2n) is 3.82. The summed E-state index contributed by atoms with van der Waals surface area (Å²) in [6, 6.07) is 3.46. The SMILES string of the molecule is CC(CCc1ccco1)NC(=O)[C@@H](C)N. The summed E-state index contributed by atoms with van der Waals surface area (Å²) in [4.78, 5) is 11.3. The van der Waals surface area contributed by atoms with Gasteiger partial charge in [0, 0.05) is 12.5 Å². The molecule has 0 fully saturated rings. The number of aryl methyl sites for hydroxylation is 1. The van der Waals surface area contributed by atoms with Gasteiger partial charge >= 0.3 is 0 Å². The van der Waals surface area contributed by atoms with Crippen LogP contribution in [0.3, 0.4) is 0 Å². The Hall–Kier alpha value is -1.29. The molecule has 1 heterocycles. The van der Waals surface area contributed by atoms with E-state index in [0.717, 1.165) is 18.6 Å². The highest BCUT2D eigenvalue weighted by Crippen LogP contribution is 2.05. The quantitative estimate of drug-likeness (QED) is 0.763. The molecule has 0 saturated carbocycles. The van der Waals surface area contributed by atoms with Crippen molar-refractivity contribution in [1.29, 1.82) is 0 Å². The number of rotatable bonds is 5. The first-order valence-corrected chi connectivity index (χ1v) is 5.18. The molecule has 0 aromatic carbocycles. The molecule has 4 heteroatoms. The molecule has 84 valence electrons. The lowest BCUT2D eigenvalue weighted by molar-refractivity contribution is -0.122. The molecule has 0 spiro atoms. The van der Waals surface area contributed by atoms with E-state index < -0.39 is 6.04 Å². The van der Waals surface area contributed by atoms with Gasteiger partial charge in [-0.25, -0.2) is 0 Å². The molecule has 2 atom stereocenters. The second kappa shape index (κ2) is 5.56. The lowest BCUT2D eigenvalue weighted by Gasteiger charge is -2.14. The number of carbonyl (C=O) groups is 1. The molecule has 0 aliphatic heterocycles. The van der Waals surface area contributed by atoms with Crippen LogP contribution in [-0.2, 0) is 11.2 Å². The maximum absolute atomic E-state index is 11.3. The molecule has 1 aromatic heterocycles. The zero-order valence-electron chi connectivity index (χ0n) is 9.19. The zero-order valence-corrected chi connectivity index (χ0v) is 9.19. The number of hydrogen-bond acceptors (Lipinski definition) is 3. The van der Waals surface area contributed by atoms with E-state index in [2.05, 4.69) is 5.32 Å². The fourth-order valence-electron chi connectivity index (χ4n) is 1.26. The number of furan rings is 1. The van der Waals surface area contributed by atoms with E-state index in [0.29, 0.717) is 0 Å². The number of nitrogens with two attached hydrogens (primary N) is 1. The second-order valence-corrected chi connectivity index (χ2v) is 3.82. The Labute approximate surface area is 89.8 Å². The fourth-order valence-corrected chi connectivity index (χ4v) is 1.26. The van der Waals surface area contributed by atoms with Crippen LogP contribution in [0.25, 0.3) is 0 Å². The minimum atomic E-state index is -0.448. The maximum atomic E-state index is 11.3. The van der Waals surface area contributed by atoms with Gasteiger partial charge < -0.3 is 15.5 Å². The summed E-state index contributed by atoms with van der Waals surface area (Å²) in [5.74, 6) is 0.832. The Morgan fingerprint density at radius 3 is 2.87 bits per heavy atom. The predicted octanol–water partition coefficient (Wildman–Crippen LogP) is 1.06. The van der Waals surface area contributed by atoms with Gasteiger partial charge in [0.05, 0.1) is 12.3 Å². The first kappa shape index (κ1) is 11.8. The van der Waals surface area contributed by atoms with E-state index in [4.69, 9.17) is 10.2 Å². The van der Waals surface area contributed by atoms with Crippen molar-refractivity contribution in [3.63, 3.8) is 0 Å². The van der Waals surface area contributed by atoms with Crippen LogP contribution in [0.2, 0.25) is 0 Å². The molecule has 1 unspecified atom stereocenters. The molecule has 15 heavy (non-hydrogen) atoms. The Morgan fingerprint density at radius 1 is 1.60 bits per heavy atom. The van der Waals surface area contributed by atoms with Crippen LogP contribution in [0, 0.1) is 0 Å². The highest BCUT2D eigenvalue weighted by Gasteiger charge is 2.11. The van der Waals surface area contributed by atoms with E-state index >= 15 is 0 Å². The molecule has 0 saturated heterocycles. The topological polar surface area (TPSA) is 68.3 Å². The summed E-state index contributed by atoms with van der Waals surface area (Å²) in [5, 5.41) is 2.84. The third kappa shape index (κ3) is 4.16. The van der Waals surface area contributed by atoms with Gasteiger partial charge in [-0.3, -0.25) is 4.79 Å². The monoisotopic (exact) mass is 210 g/mol. The smallest absolute Gasteiger partial charge is 0.236 e. The lowest BCUT2D eigenvalue weighted by atomic mass is 10.1. The maximum Gasteiger partial charge on any atom is 0.236 e. The van der Waals surface area contributed by atoms with Crippen LogP contribution in [-0.4, -0.2) is 18.0 Å². The van der Waals surface area contributed by atoms with Gasteiger partial charge in [0.2, 0.25) is 5.91 Å². The van der Waals surface area contributed by atoms with Crippen LogP contribution in [0.5, 0.6) is 0 Å². The predicted molar refractivity (Wildman–Crippen MR) is 58.3 cm³/mol. The number of carbonyl (C=O) groups excluding carboxylic acids is 1. The van der Waals surface area contributed by atoms with Crippen molar-refractivity contribution in [2.75, 3.05) is 0 Å². The average Bonchev–Trinajstić information content (AvgIpc) is 2.66. The molecule has 1 aromatic rings. The van der Waals surface area contributed by atoms with Gasteiger partial charge in [0.1, 0.15) is 5.76 Å². The highest BCUT2D eigenvalue weighted by atomic mass is 16.3. The standard InChI is InChI=1S/C11H18N2O2/c1-8(13-11(14)9(2)12)5-6-10-4-3-7-15-10/h3-4,7-9H,5-6,12H2,1-2H3,(H,13,14)/t8?,9-/m1/s1. The normalized spacial score (nSPS) is 14.6. The van der Waals surface area contributed by atoms with Gasteiger partial charge in [-0.2, -0.15) is 0 Å². The number of hydrogen-bond donors (Lipinski definition) is 2. The molecule has 0 aliphatic rings. The molecule has 0 bridgehead atoms. The van der Waals surface area contributed by atoms with Crippen molar-refractivity contribution >= 4 is 5.91 Å². The number of amides is 1. The molecule has 4 nitrogen and oxygen atoms in total. The number of nitrogens with one attached hydrogen (secondary N) is 1. The van der Waals surface area contributed by atoms with Gasteiger partial charge in [-0.15, -0.1) is 0 Å². The first-order valence-electron chi connectivity index (χ1n) is 5.18. The minimum absolute atomic E-state index is 0.109. The van der Waals surface area contributed by atoms with Crippen LogP contribution < -0.4 is 11.1 Å². The van der Waals surface area contributed by atoms with Crippen molar-refractivity contribution in [2.24, 2.45) is 5.73 Å². The Bertz CT molecular complexity index is 294. The molecular weight excluding hydrogens is 192 g/mol. The lowest BCUT2D eigenvalue weighted by Crippen LogP contribution is -2.42. The van der Waals surface area contributed by atoms with E-state index in [1.165, 1.54) is 0 Å². The largest absolute Gasteiger partial charge is 0.469 e. The van der Waals surface area contributed by atoms with Gasteiger partial charge in [-0.1, -0.05) is 0 Å². The van der Waals surface area contributed by atoms with Crippen LogP contribution in [0.15, 0.2) is 22.8 Å². The van der Waals surface area contributed by atoms with Crippen molar-refractivity contribution in [1.82, 2.24) is 5.32 Å². The third-order valence-corrected chi connectivity index (χ3v) is 2.21. The van der Waals surface area contributed by atoms with Crippen LogP contribution >= 0.6 is 0 Å². The molecule has 1 rings (SSSR count). The van der Waals surface area contributed by atoms with Crippen LogP contribution in [0.1, 0.15) is 26.0 Å². The Morgan fingerprint density at radius 2 is 2.33 bits per heavy atom. The first-order chi connectivity index (χ1) is 7.09. The minimum Gasteiger partial charge on any atom is -0.469 e. The summed E-state index contributed by atoms with van der Waals surface area (Å²) >= 11 is 0. The van der Waals surface area contributed by atoms with E-state index in [-0.39, 0.29) is 11.9 Å². The van der Waals surface area contributed by atoms with E-state index in [1.54, 1.807) is 13.2 Å². The molecule has 3 N–H and O–H groups in total. The zero-order chi connectivity index (χ0) is 11.3. The average molecular weight is 210 g/mol. The molecule has 0 radical (unpaired) electrons. The van der Waals surface area contributed by atoms with Crippen molar-refractivity contribution in [3.8, 4) is 0 Å². The van der Waals surface area contributed by atoms with Gasteiger partial charge in [0.15, 0.2) is 0 Å². The molecular formula is C11H18N2O2. The van der Waals surface area contributed by atoms with Crippen LogP contribution in [0.4, 0.5) is 0 Å². The van der Waals surface area contributed by atoms with Crippen molar-refractivity contribution < 1.29 is 9.21 Å². The third-order valence-electron chi connectivity index (χ3n) is 2.21. The van der Waals surface area contributed by atoms with Gasteiger partial charge in [-0.05, 0) is 32.4 Å². The van der Waals surface area contributed by atoms with E-state index in [1.807, 2.05) is 19.1 Å². The summed E-state index contributed by atoms with van der Waals surface area (Å²) in [7, 11) is 0. The Kier molecular flexibility index (Phi) is 4.37. The Balaban J connectivity index is 2.24.